The van der Waals surface area contributed by atoms with E-state index in [1.807, 2.05) is 0 Å². The Morgan fingerprint density at radius 2 is 1.82 bits per heavy atom. The summed E-state index contributed by atoms with van der Waals surface area (Å²) in [7, 11) is 0. The van der Waals surface area contributed by atoms with Crippen molar-refractivity contribution in [1.29, 1.82) is 0 Å². The van der Waals surface area contributed by atoms with E-state index in [9.17, 15) is 18.0 Å². The number of benzene rings is 1. The first kappa shape index (κ1) is 13.1. The average molecular weight is 250 g/mol. The molecule has 1 atom stereocenters. The topological polar surface area (TPSA) is 55.8 Å². The fourth-order valence-corrected chi connectivity index (χ4v) is 1.16. The van der Waals surface area contributed by atoms with Gasteiger partial charge >= 0.3 is 12.5 Å². The molecule has 0 bridgehead atoms. The van der Waals surface area contributed by atoms with Gasteiger partial charge in [0.05, 0.1) is 0 Å². The number of carbonyl (C=O) groups is 1. The number of alkyl halides is 3. The van der Waals surface area contributed by atoms with Gasteiger partial charge in [-0.05, 0) is 24.6 Å². The molecule has 0 aromatic heterocycles. The summed E-state index contributed by atoms with van der Waals surface area (Å²) < 4.78 is 43.6. The summed E-state index contributed by atoms with van der Waals surface area (Å²) in [6, 6.07) is 4.78. The lowest BCUT2D eigenvalue weighted by atomic mass is 10.1. The highest BCUT2D eigenvalue weighted by atomic mass is 19.4. The number of hydrogen-bond donors (Lipinski definition) is 1. The van der Waals surface area contributed by atoms with Crippen LogP contribution in [0.25, 0.3) is 0 Å². The van der Waals surface area contributed by atoms with Crippen molar-refractivity contribution in [2.24, 2.45) is 0 Å². The Kier molecular flexibility index (Phi) is 3.82. The molecule has 0 aliphatic heterocycles. The van der Waals surface area contributed by atoms with Crippen LogP contribution in [0.1, 0.15) is 18.6 Å². The first-order valence-electron chi connectivity index (χ1n) is 4.53. The molecule has 0 unspecified atom stereocenters. The molecule has 0 radical (unpaired) electrons. The Bertz CT molecular complexity index is 386. The molecule has 0 saturated carbocycles. The van der Waals surface area contributed by atoms with Crippen molar-refractivity contribution in [2.75, 3.05) is 0 Å². The first-order valence-corrected chi connectivity index (χ1v) is 4.53. The molecule has 0 saturated heterocycles. The van der Waals surface area contributed by atoms with Crippen LogP contribution in [0.3, 0.4) is 0 Å². The van der Waals surface area contributed by atoms with Gasteiger partial charge in [-0.15, -0.1) is 13.2 Å². The molecule has 94 valence electrons. The van der Waals surface area contributed by atoms with Gasteiger partial charge in [-0.1, -0.05) is 12.1 Å². The van der Waals surface area contributed by atoms with E-state index in [-0.39, 0.29) is 5.75 Å². The van der Waals surface area contributed by atoms with Crippen molar-refractivity contribution >= 4 is 6.16 Å². The van der Waals surface area contributed by atoms with Crippen LogP contribution < -0.4 is 4.74 Å². The van der Waals surface area contributed by atoms with E-state index in [0.717, 1.165) is 12.1 Å². The predicted molar refractivity (Wildman–Crippen MR) is 50.6 cm³/mol. The van der Waals surface area contributed by atoms with Crippen LogP contribution in [0.5, 0.6) is 5.75 Å². The van der Waals surface area contributed by atoms with Crippen molar-refractivity contribution in [2.45, 2.75) is 19.4 Å². The second-order valence-electron chi connectivity index (χ2n) is 3.14. The Hall–Kier alpha value is -1.92. The SMILES string of the molecule is C[C@@H](OC(=O)O)c1ccc(OC(F)(F)F)cc1. The maximum Gasteiger partial charge on any atom is 0.573 e. The minimum atomic E-state index is -4.75. The van der Waals surface area contributed by atoms with Crippen molar-refractivity contribution < 1.29 is 32.5 Å². The van der Waals surface area contributed by atoms with Gasteiger partial charge in [0.2, 0.25) is 0 Å². The summed E-state index contributed by atoms with van der Waals surface area (Å²) >= 11 is 0. The number of halogens is 3. The molecule has 0 fully saturated rings. The lowest BCUT2D eigenvalue weighted by Gasteiger charge is -2.12. The lowest BCUT2D eigenvalue weighted by Crippen LogP contribution is -2.17. The van der Waals surface area contributed by atoms with Crippen LogP contribution in [0.4, 0.5) is 18.0 Å². The molecule has 0 heterocycles. The highest BCUT2D eigenvalue weighted by molar-refractivity contribution is 5.57. The number of rotatable bonds is 3. The summed E-state index contributed by atoms with van der Waals surface area (Å²) in [6.45, 7) is 1.47. The zero-order valence-electron chi connectivity index (χ0n) is 8.69. The smallest absolute Gasteiger partial charge is 0.450 e. The van der Waals surface area contributed by atoms with E-state index in [1.165, 1.54) is 19.1 Å². The van der Waals surface area contributed by atoms with Gasteiger partial charge in [0.15, 0.2) is 0 Å². The molecule has 4 nitrogen and oxygen atoms in total. The molecule has 0 amide bonds. The largest absolute Gasteiger partial charge is 0.573 e. The van der Waals surface area contributed by atoms with Crippen molar-refractivity contribution in [1.82, 2.24) is 0 Å². The number of ether oxygens (including phenoxy) is 2. The number of carboxylic acid groups (broad SMARTS) is 1. The zero-order chi connectivity index (χ0) is 13.1. The molecule has 1 N–H and O–H groups in total. The van der Waals surface area contributed by atoms with Crippen LogP contribution >= 0.6 is 0 Å². The summed E-state index contributed by atoms with van der Waals surface area (Å²) in [5.74, 6) is -0.372. The summed E-state index contributed by atoms with van der Waals surface area (Å²) in [4.78, 5) is 10.2. The second kappa shape index (κ2) is 4.94. The summed E-state index contributed by atoms with van der Waals surface area (Å²) in [6.07, 6.45) is -6.95. The minimum absolute atomic E-state index is 0.372. The van der Waals surface area contributed by atoms with Crippen LogP contribution in [-0.4, -0.2) is 17.6 Å². The van der Waals surface area contributed by atoms with Gasteiger partial charge in [0, 0.05) is 0 Å². The number of hydrogen-bond acceptors (Lipinski definition) is 3. The molecule has 1 aromatic rings. The standard InChI is InChI=1S/C10H9F3O4/c1-6(16-9(14)15)7-2-4-8(5-3-7)17-10(11,12)13/h2-6H,1H3,(H,14,15)/t6-/m1/s1. The minimum Gasteiger partial charge on any atom is -0.450 e. The molecule has 17 heavy (non-hydrogen) atoms. The van der Waals surface area contributed by atoms with Crippen molar-refractivity contribution in [3.63, 3.8) is 0 Å². The van der Waals surface area contributed by atoms with Crippen molar-refractivity contribution in [3.8, 4) is 5.75 Å². The van der Waals surface area contributed by atoms with Gasteiger partial charge in [0.1, 0.15) is 11.9 Å². The molecule has 7 heteroatoms. The summed E-state index contributed by atoms with van der Waals surface area (Å²) in [5.41, 5.74) is 0.432. The summed E-state index contributed by atoms with van der Waals surface area (Å²) in [5, 5.41) is 8.36. The molecular weight excluding hydrogens is 241 g/mol. The highest BCUT2D eigenvalue weighted by Crippen LogP contribution is 2.25. The van der Waals surface area contributed by atoms with Crippen LogP contribution in [0.2, 0.25) is 0 Å². The Balaban J connectivity index is 2.71. The zero-order valence-corrected chi connectivity index (χ0v) is 8.69. The Labute approximate surface area is 94.6 Å². The fourth-order valence-electron chi connectivity index (χ4n) is 1.16. The molecular formula is C10H9F3O4. The molecule has 0 aliphatic rings. The third kappa shape index (κ3) is 4.62. The second-order valence-corrected chi connectivity index (χ2v) is 3.14. The monoisotopic (exact) mass is 250 g/mol. The third-order valence-electron chi connectivity index (χ3n) is 1.86. The van der Waals surface area contributed by atoms with Crippen molar-refractivity contribution in [3.05, 3.63) is 29.8 Å². The van der Waals surface area contributed by atoms with Crippen LogP contribution in [0.15, 0.2) is 24.3 Å². The van der Waals surface area contributed by atoms with Crippen LogP contribution in [-0.2, 0) is 4.74 Å². The van der Waals surface area contributed by atoms with E-state index in [1.54, 1.807) is 0 Å². The van der Waals surface area contributed by atoms with E-state index < -0.39 is 18.6 Å². The predicted octanol–water partition coefficient (Wildman–Crippen LogP) is 3.34. The fraction of sp³-hybridized carbons (Fsp3) is 0.300. The van der Waals surface area contributed by atoms with Crippen LogP contribution in [0, 0.1) is 0 Å². The van der Waals surface area contributed by atoms with E-state index >= 15 is 0 Å². The van der Waals surface area contributed by atoms with Gasteiger partial charge in [0.25, 0.3) is 0 Å². The maximum atomic E-state index is 11.8. The van der Waals surface area contributed by atoms with Gasteiger partial charge < -0.3 is 14.6 Å². The third-order valence-corrected chi connectivity index (χ3v) is 1.86. The molecule has 1 aromatic carbocycles. The molecule has 1 rings (SSSR count). The lowest BCUT2D eigenvalue weighted by molar-refractivity contribution is -0.274. The first-order chi connectivity index (χ1) is 7.78. The molecule has 0 spiro atoms. The Morgan fingerprint density at radius 3 is 2.24 bits per heavy atom. The van der Waals surface area contributed by atoms with E-state index in [4.69, 9.17) is 5.11 Å². The van der Waals surface area contributed by atoms with E-state index in [0.29, 0.717) is 5.56 Å². The van der Waals surface area contributed by atoms with E-state index in [2.05, 4.69) is 9.47 Å². The highest BCUT2D eigenvalue weighted by Gasteiger charge is 2.31. The average Bonchev–Trinajstić information content (AvgIpc) is 2.15. The van der Waals surface area contributed by atoms with Gasteiger partial charge in [-0.25, -0.2) is 4.79 Å². The molecule has 0 aliphatic carbocycles. The van der Waals surface area contributed by atoms with Gasteiger partial charge in [-0.3, -0.25) is 0 Å². The normalized spacial score (nSPS) is 12.9. The maximum absolute atomic E-state index is 11.8. The quantitative estimate of drug-likeness (QED) is 0.836. The Morgan fingerprint density at radius 1 is 1.29 bits per heavy atom. The van der Waals surface area contributed by atoms with Gasteiger partial charge in [-0.2, -0.15) is 0 Å².